The van der Waals surface area contributed by atoms with Gasteiger partial charge in [0.2, 0.25) is 0 Å². The fraction of sp³-hybridized carbons (Fsp3) is 0.364. The Balaban J connectivity index is 2.41. The molecule has 0 aromatic rings. The zero-order valence-corrected chi connectivity index (χ0v) is 7.25. The second-order valence-corrected chi connectivity index (χ2v) is 3.18. The zero-order valence-electron chi connectivity index (χ0n) is 7.25. The quantitative estimate of drug-likeness (QED) is 0.583. The monoisotopic (exact) mass is 162 g/mol. The molecule has 0 spiro atoms. The molecule has 1 nitrogen and oxygen atoms in total. The molecule has 1 saturated carbocycles. The molecule has 12 heavy (non-hydrogen) atoms. The third-order valence-corrected chi connectivity index (χ3v) is 2.13. The van der Waals surface area contributed by atoms with Crippen molar-refractivity contribution in [1.82, 2.24) is 0 Å². The van der Waals surface area contributed by atoms with Crippen LogP contribution in [0, 0.1) is 5.92 Å². The molecule has 1 heteroatoms. The van der Waals surface area contributed by atoms with E-state index in [1.807, 2.05) is 6.08 Å². The smallest absolute Gasteiger partial charge is 0.133 e. The van der Waals surface area contributed by atoms with Crippen molar-refractivity contribution in [3.63, 3.8) is 0 Å². The van der Waals surface area contributed by atoms with Gasteiger partial charge in [0.15, 0.2) is 0 Å². The molecule has 0 saturated heterocycles. The number of carbonyl (C=O) groups excluding carboxylic acids is 1. The molecular weight excluding hydrogens is 148 g/mol. The molecule has 1 rings (SSSR count). The van der Waals surface area contributed by atoms with Crippen molar-refractivity contribution in [1.29, 1.82) is 0 Å². The average molecular weight is 162 g/mol. The van der Waals surface area contributed by atoms with Gasteiger partial charge in [0.25, 0.3) is 0 Å². The summed E-state index contributed by atoms with van der Waals surface area (Å²) in [5.74, 6) is 0.822. The minimum Gasteiger partial charge on any atom is -0.300 e. The van der Waals surface area contributed by atoms with Gasteiger partial charge in [-0.3, -0.25) is 4.79 Å². The lowest BCUT2D eigenvalue weighted by Gasteiger charge is -1.97. The molecule has 0 bridgehead atoms. The highest BCUT2D eigenvalue weighted by Crippen LogP contribution is 2.23. The molecule has 1 aliphatic rings. The summed E-state index contributed by atoms with van der Waals surface area (Å²) in [6.07, 6.45) is 8.18. The normalized spacial score (nSPS) is 23.3. The summed E-state index contributed by atoms with van der Waals surface area (Å²) in [6.45, 7) is 7.37. The number of hydrogen-bond donors (Lipinski definition) is 0. The van der Waals surface area contributed by atoms with Crippen LogP contribution in [-0.4, -0.2) is 5.78 Å². The lowest BCUT2D eigenvalue weighted by Crippen LogP contribution is -1.89. The molecule has 0 radical (unpaired) electrons. The van der Waals surface area contributed by atoms with Crippen LogP contribution >= 0.6 is 0 Å². The fourth-order valence-electron chi connectivity index (χ4n) is 1.33. The van der Waals surface area contributed by atoms with Crippen molar-refractivity contribution in [3.8, 4) is 0 Å². The van der Waals surface area contributed by atoms with E-state index in [4.69, 9.17) is 0 Å². The molecule has 0 amide bonds. The number of hydrogen-bond acceptors (Lipinski definition) is 1. The highest BCUT2D eigenvalue weighted by molar-refractivity contribution is 5.80. The Labute approximate surface area is 73.5 Å². The molecule has 1 atom stereocenters. The number of ketones is 1. The van der Waals surface area contributed by atoms with Crippen LogP contribution in [0.4, 0.5) is 0 Å². The predicted octanol–water partition coefficient (Wildman–Crippen LogP) is 2.65. The Hall–Kier alpha value is -1.11. The Bertz CT molecular complexity index is 235. The topological polar surface area (TPSA) is 17.1 Å². The van der Waals surface area contributed by atoms with Crippen molar-refractivity contribution in [2.45, 2.75) is 19.3 Å². The highest BCUT2D eigenvalue weighted by Gasteiger charge is 2.18. The van der Waals surface area contributed by atoms with Crippen LogP contribution in [-0.2, 0) is 4.79 Å². The van der Waals surface area contributed by atoms with E-state index in [1.165, 1.54) is 0 Å². The summed E-state index contributed by atoms with van der Waals surface area (Å²) < 4.78 is 0. The maximum absolute atomic E-state index is 10.9. The number of allylic oxidation sites excluding steroid dienone is 4. The molecule has 0 heterocycles. The van der Waals surface area contributed by atoms with E-state index in [0.717, 1.165) is 18.4 Å². The van der Waals surface area contributed by atoms with Gasteiger partial charge in [-0.2, -0.15) is 0 Å². The third-order valence-electron chi connectivity index (χ3n) is 2.13. The van der Waals surface area contributed by atoms with Gasteiger partial charge in [0.05, 0.1) is 0 Å². The standard InChI is InChI=1S/C11H14O/c1-3-9(2)4-5-10-6-7-11(12)8-10/h3-5,10H,1-2,6-8H2/b5-4+. The predicted molar refractivity (Wildman–Crippen MR) is 50.8 cm³/mol. The van der Waals surface area contributed by atoms with Gasteiger partial charge in [-0.25, -0.2) is 0 Å². The first-order chi connectivity index (χ1) is 5.72. The maximum atomic E-state index is 10.9. The molecule has 1 unspecified atom stereocenters. The van der Waals surface area contributed by atoms with Crippen molar-refractivity contribution in [2.75, 3.05) is 0 Å². The lowest BCUT2D eigenvalue weighted by molar-refractivity contribution is -0.117. The minimum atomic E-state index is 0.383. The fourth-order valence-corrected chi connectivity index (χ4v) is 1.33. The van der Waals surface area contributed by atoms with E-state index < -0.39 is 0 Å². The third kappa shape index (κ3) is 2.50. The molecule has 1 aliphatic carbocycles. The summed E-state index contributed by atoms with van der Waals surface area (Å²) in [5.41, 5.74) is 0.911. The molecule has 64 valence electrons. The van der Waals surface area contributed by atoms with Gasteiger partial charge in [-0.1, -0.05) is 31.4 Å². The van der Waals surface area contributed by atoms with Crippen LogP contribution in [0.3, 0.4) is 0 Å². The number of carbonyl (C=O) groups is 1. The van der Waals surface area contributed by atoms with E-state index in [1.54, 1.807) is 6.08 Å². The largest absolute Gasteiger partial charge is 0.300 e. The van der Waals surface area contributed by atoms with Gasteiger partial charge in [-0.05, 0) is 17.9 Å². The average Bonchev–Trinajstić information content (AvgIpc) is 2.47. The highest BCUT2D eigenvalue weighted by atomic mass is 16.1. The Morgan fingerprint density at radius 1 is 1.58 bits per heavy atom. The van der Waals surface area contributed by atoms with Gasteiger partial charge >= 0.3 is 0 Å². The van der Waals surface area contributed by atoms with Gasteiger partial charge in [-0.15, -0.1) is 0 Å². The maximum Gasteiger partial charge on any atom is 0.133 e. The first-order valence-electron chi connectivity index (χ1n) is 4.23. The Kier molecular flexibility index (Phi) is 3.03. The van der Waals surface area contributed by atoms with E-state index >= 15 is 0 Å². The molecule has 0 aromatic carbocycles. The van der Waals surface area contributed by atoms with Gasteiger partial charge in [0.1, 0.15) is 5.78 Å². The van der Waals surface area contributed by atoms with Crippen LogP contribution < -0.4 is 0 Å². The summed E-state index contributed by atoms with van der Waals surface area (Å²) >= 11 is 0. The van der Waals surface area contributed by atoms with Crippen LogP contribution in [0.25, 0.3) is 0 Å². The van der Waals surface area contributed by atoms with Crippen molar-refractivity contribution in [3.05, 3.63) is 37.0 Å². The first kappa shape index (κ1) is 8.98. The number of Topliss-reactive ketones (excluding diaryl/α,β-unsaturated/α-hetero) is 1. The van der Waals surface area contributed by atoms with Gasteiger partial charge < -0.3 is 0 Å². The van der Waals surface area contributed by atoms with Crippen LogP contribution in [0.2, 0.25) is 0 Å². The molecule has 0 N–H and O–H groups in total. The summed E-state index contributed by atoms with van der Waals surface area (Å²) in [7, 11) is 0. The SMILES string of the molecule is C=CC(=C)/C=C/C1CCC(=O)C1. The van der Waals surface area contributed by atoms with E-state index in [2.05, 4.69) is 19.2 Å². The zero-order chi connectivity index (χ0) is 8.97. The van der Waals surface area contributed by atoms with E-state index in [0.29, 0.717) is 18.1 Å². The van der Waals surface area contributed by atoms with E-state index in [9.17, 15) is 4.79 Å². The van der Waals surface area contributed by atoms with E-state index in [-0.39, 0.29) is 0 Å². The molecular formula is C11H14O. The minimum absolute atomic E-state index is 0.383. The second-order valence-electron chi connectivity index (χ2n) is 3.18. The Morgan fingerprint density at radius 2 is 2.33 bits per heavy atom. The van der Waals surface area contributed by atoms with Crippen LogP contribution in [0.1, 0.15) is 19.3 Å². The second kappa shape index (κ2) is 4.05. The van der Waals surface area contributed by atoms with Crippen LogP contribution in [0.15, 0.2) is 37.0 Å². The lowest BCUT2D eigenvalue weighted by atomic mass is 10.1. The molecule has 1 fully saturated rings. The molecule has 0 aliphatic heterocycles. The van der Waals surface area contributed by atoms with Gasteiger partial charge in [0, 0.05) is 12.8 Å². The van der Waals surface area contributed by atoms with Crippen LogP contribution in [0.5, 0.6) is 0 Å². The molecule has 0 aromatic heterocycles. The first-order valence-corrected chi connectivity index (χ1v) is 4.23. The summed E-state index contributed by atoms with van der Waals surface area (Å²) in [4.78, 5) is 10.9. The van der Waals surface area contributed by atoms with Crippen molar-refractivity contribution >= 4 is 5.78 Å². The Morgan fingerprint density at radius 3 is 2.83 bits per heavy atom. The number of rotatable bonds is 3. The summed E-state index contributed by atoms with van der Waals surface area (Å²) in [5, 5.41) is 0. The van der Waals surface area contributed by atoms with Crippen molar-refractivity contribution in [2.24, 2.45) is 5.92 Å². The van der Waals surface area contributed by atoms with Crippen molar-refractivity contribution < 1.29 is 4.79 Å². The summed E-state index contributed by atoms with van der Waals surface area (Å²) in [6, 6.07) is 0.